The number of carbonyl (C=O) groups excluding carboxylic acids is 2. The van der Waals surface area contributed by atoms with Crippen LogP contribution in [0.4, 0.5) is 0 Å². The Morgan fingerprint density at radius 2 is 1.82 bits per heavy atom. The molecule has 2 N–H and O–H groups in total. The van der Waals surface area contributed by atoms with E-state index < -0.39 is 5.91 Å². The maximum absolute atomic E-state index is 12.6. The fraction of sp³-hybridized carbons (Fsp3) is 0.0952. The van der Waals surface area contributed by atoms with Gasteiger partial charge in [-0.2, -0.15) is 0 Å². The minimum atomic E-state index is -0.516. The molecule has 28 heavy (non-hydrogen) atoms. The number of rotatable bonds is 7. The monoisotopic (exact) mass is 458 g/mol. The smallest absolute Gasteiger partial charge is 0.250 e. The van der Waals surface area contributed by atoms with E-state index in [4.69, 9.17) is 22.1 Å². The number of nitrogens with two attached hydrogens (primary N) is 1. The molecule has 3 aromatic rings. The van der Waals surface area contributed by atoms with E-state index in [1.165, 1.54) is 0 Å². The molecule has 7 heteroatoms. The molecule has 2 aromatic carbocycles. The number of ketones is 1. The Labute approximate surface area is 175 Å². The fourth-order valence-electron chi connectivity index (χ4n) is 2.66. The number of hydrogen-bond donors (Lipinski definition) is 1. The van der Waals surface area contributed by atoms with Crippen molar-refractivity contribution in [2.45, 2.75) is 6.42 Å². The lowest BCUT2D eigenvalue weighted by molar-refractivity contribution is 0.0997. The summed E-state index contributed by atoms with van der Waals surface area (Å²) in [6.07, 6.45) is 2.05. The highest BCUT2D eigenvalue weighted by Crippen LogP contribution is 2.24. The number of ether oxygens (including phenoxy) is 1. The van der Waals surface area contributed by atoms with Gasteiger partial charge in [0.1, 0.15) is 5.75 Å². The molecule has 0 aliphatic rings. The number of pyridine rings is 1. The highest BCUT2D eigenvalue weighted by molar-refractivity contribution is 9.10. The first-order valence-corrected chi connectivity index (χ1v) is 9.59. The SMILES string of the molecule is NC(=O)c1cccnc1CCOc1ccc(C(=O)c2cc(Cl)ccc2Br)cc1. The predicted molar refractivity (Wildman–Crippen MR) is 111 cm³/mol. The molecule has 3 rings (SSSR count). The fourth-order valence-corrected chi connectivity index (χ4v) is 3.26. The molecule has 1 amide bonds. The lowest BCUT2D eigenvalue weighted by atomic mass is 10.0. The van der Waals surface area contributed by atoms with E-state index in [0.29, 0.717) is 50.7 Å². The maximum Gasteiger partial charge on any atom is 0.250 e. The van der Waals surface area contributed by atoms with Crippen molar-refractivity contribution in [3.63, 3.8) is 0 Å². The van der Waals surface area contributed by atoms with Gasteiger partial charge >= 0.3 is 0 Å². The van der Waals surface area contributed by atoms with Crippen molar-refractivity contribution < 1.29 is 14.3 Å². The Bertz CT molecular complexity index is 1020. The molecule has 0 aliphatic carbocycles. The molecule has 0 spiro atoms. The number of benzene rings is 2. The van der Waals surface area contributed by atoms with Crippen molar-refractivity contribution in [1.82, 2.24) is 4.98 Å². The highest BCUT2D eigenvalue weighted by Gasteiger charge is 2.13. The van der Waals surface area contributed by atoms with Crippen LogP contribution in [0.5, 0.6) is 5.75 Å². The summed E-state index contributed by atoms with van der Waals surface area (Å²) in [5, 5.41) is 0.497. The van der Waals surface area contributed by atoms with Crippen LogP contribution in [0.3, 0.4) is 0 Å². The van der Waals surface area contributed by atoms with E-state index in [2.05, 4.69) is 20.9 Å². The average molecular weight is 460 g/mol. The Morgan fingerprint density at radius 3 is 2.54 bits per heavy atom. The summed E-state index contributed by atoms with van der Waals surface area (Å²) in [4.78, 5) is 28.2. The van der Waals surface area contributed by atoms with Crippen LogP contribution in [-0.4, -0.2) is 23.3 Å². The van der Waals surface area contributed by atoms with E-state index in [1.54, 1.807) is 60.8 Å². The molecule has 5 nitrogen and oxygen atoms in total. The summed E-state index contributed by atoms with van der Waals surface area (Å²) in [5.74, 6) is -0.0445. The number of carbonyl (C=O) groups is 2. The van der Waals surface area contributed by atoms with Gasteiger partial charge in [0.15, 0.2) is 5.78 Å². The summed E-state index contributed by atoms with van der Waals surface area (Å²) >= 11 is 9.36. The van der Waals surface area contributed by atoms with Crippen molar-refractivity contribution in [2.75, 3.05) is 6.61 Å². The minimum absolute atomic E-state index is 0.138. The molecular weight excluding hydrogens is 444 g/mol. The van der Waals surface area contributed by atoms with E-state index in [0.717, 1.165) is 0 Å². The molecular formula is C21H16BrClN2O3. The summed E-state index contributed by atoms with van der Waals surface area (Å²) in [5.41, 5.74) is 7.35. The molecule has 0 saturated heterocycles. The molecule has 0 atom stereocenters. The van der Waals surface area contributed by atoms with E-state index in [-0.39, 0.29) is 5.78 Å². The maximum atomic E-state index is 12.6. The second-order valence-electron chi connectivity index (χ2n) is 5.94. The summed E-state index contributed by atoms with van der Waals surface area (Å²) in [7, 11) is 0. The highest BCUT2D eigenvalue weighted by atomic mass is 79.9. The van der Waals surface area contributed by atoms with Crippen molar-refractivity contribution in [2.24, 2.45) is 5.73 Å². The van der Waals surface area contributed by atoms with Gasteiger partial charge in [0.25, 0.3) is 5.91 Å². The molecule has 0 aliphatic heterocycles. The predicted octanol–water partition coefficient (Wildman–Crippen LogP) is 4.45. The van der Waals surface area contributed by atoms with Gasteiger partial charge in [-0.25, -0.2) is 0 Å². The third kappa shape index (κ3) is 4.77. The van der Waals surface area contributed by atoms with Crippen LogP contribution in [0.2, 0.25) is 5.02 Å². The molecule has 0 bridgehead atoms. The zero-order valence-electron chi connectivity index (χ0n) is 14.7. The Balaban J connectivity index is 1.64. The Morgan fingerprint density at radius 1 is 1.07 bits per heavy atom. The number of halogens is 2. The first kappa shape index (κ1) is 20.0. The standard InChI is InChI=1S/C21H16BrClN2O3/c22-18-8-5-14(23)12-17(18)20(26)13-3-6-15(7-4-13)28-11-9-19-16(21(24)27)2-1-10-25-19/h1-8,10,12H,9,11H2,(H2,24,27). The van der Waals surface area contributed by atoms with E-state index in [1.807, 2.05) is 0 Å². The van der Waals surface area contributed by atoms with Crippen LogP contribution in [0.1, 0.15) is 32.0 Å². The topological polar surface area (TPSA) is 82.3 Å². The van der Waals surface area contributed by atoms with Crippen LogP contribution in [0.15, 0.2) is 65.3 Å². The first-order valence-electron chi connectivity index (χ1n) is 8.42. The van der Waals surface area contributed by atoms with Crippen LogP contribution in [0, 0.1) is 0 Å². The van der Waals surface area contributed by atoms with Crippen LogP contribution in [-0.2, 0) is 6.42 Å². The third-order valence-electron chi connectivity index (χ3n) is 4.05. The molecule has 1 heterocycles. The largest absolute Gasteiger partial charge is 0.493 e. The second kappa shape index (κ2) is 8.99. The second-order valence-corrected chi connectivity index (χ2v) is 7.23. The number of primary amides is 1. The zero-order valence-corrected chi connectivity index (χ0v) is 17.0. The van der Waals surface area contributed by atoms with Gasteiger partial charge in [-0.1, -0.05) is 27.5 Å². The molecule has 1 aromatic heterocycles. The van der Waals surface area contributed by atoms with Gasteiger partial charge in [-0.05, 0) is 54.6 Å². The number of hydrogen-bond acceptors (Lipinski definition) is 4. The lowest BCUT2D eigenvalue weighted by Gasteiger charge is -2.09. The minimum Gasteiger partial charge on any atom is -0.493 e. The van der Waals surface area contributed by atoms with Crippen molar-refractivity contribution in [3.05, 3.63) is 92.7 Å². The summed E-state index contributed by atoms with van der Waals surface area (Å²) in [6, 6.07) is 15.2. The molecule has 142 valence electrons. The van der Waals surface area contributed by atoms with Gasteiger partial charge in [0.05, 0.1) is 17.9 Å². The van der Waals surface area contributed by atoms with Gasteiger partial charge in [0.2, 0.25) is 0 Å². The van der Waals surface area contributed by atoms with Gasteiger partial charge in [0, 0.05) is 33.2 Å². The zero-order chi connectivity index (χ0) is 20.1. The van der Waals surface area contributed by atoms with Gasteiger partial charge in [-0.3, -0.25) is 14.6 Å². The molecule has 0 saturated carbocycles. The summed E-state index contributed by atoms with van der Waals surface area (Å²) < 4.78 is 6.38. The normalized spacial score (nSPS) is 10.5. The van der Waals surface area contributed by atoms with Gasteiger partial charge in [-0.15, -0.1) is 0 Å². The quantitative estimate of drug-likeness (QED) is 0.529. The number of nitrogens with zero attached hydrogens (tertiary/aromatic N) is 1. The molecule has 0 fully saturated rings. The van der Waals surface area contributed by atoms with Crippen LogP contribution < -0.4 is 10.5 Å². The molecule has 0 radical (unpaired) electrons. The lowest BCUT2D eigenvalue weighted by Crippen LogP contribution is -2.16. The third-order valence-corrected chi connectivity index (χ3v) is 4.98. The van der Waals surface area contributed by atoms with Crippen LogP contribution in [0.25, 0.3) is 0 Å². The molecule has 0 unspecified atom stereocenters. The van der Waals surface area contributed by atoms with E-state index in [9.17, 15) is 9.59 Å². The number of aromatic nitrogens is 1. The Hall–Kier alpha value is -2.70. The first-order chi connectivity index (χ1) is 13.5. The van der Waals surface area contributed by atoms with Crippen LogP contribution >= 0.6 is 27.5 Å². The van der Waals surface area contributed by atoms with E-state index >= 15 is 0 Å². The number of amides is 1. The summed E-state index contributed by atoms with van der Waals surface area (Å²) in [6.45, 7) is 0.324. The van der Waals surface area contributed by atoms with Crippen molar-refractivity contribution in [3.8, 4) is 5.75 Å². The Kier molecular flexibility index (Phi) is 6.44. The van der Waals surface area contributed by atoms with Crippen molar-refractivity contribution in [1.29, 1.82) is 0 Å². The van der Waals surface area contributed by atoms with Gasteiger partial charge < -0.3 is 10.5 Å². The van der Waals surface area contributed by atoms with Crippen molar-refractivity contribution >= 4 is 39.2 Å². The average Bonchev–Trinajstić information content (AvgIpc) is 2.70.